The van der Waals surface area contributed by atoms with Gasteiger partial charge in [-0.05, 0) is 77.7 Å². The van der Waals surface area contributed by atoms with E-state index in [9.17, 15) is 4.79 Å². The summed E-state index contributed by atoms with van der Waals surface area (Å²) in [4.78, 5) is 19.9. The monoisotopic (exact) mass is 487 g/mol. The number of fused-ring (bicyclic) bond motifs is 1. The number of nitrogens with zero attached hydrogens (tertiary/aromatic N) is 3. The number of carbonyl (C=O) groups is 1. The number of halogens is 1. The third-order valence-corrected chi connectivity index (χ3v) is 7.14. The van der Waals surface area contributed by atoms with Crippen molar-refractivity contribution < 1.29 is 4.79 Å². The van der Waals surface area contributed by atoms with Gasteiger partial charge in [0.15, 0.2) is 0 Å². The second-order valence-corrected chi connectivity index (χ2v) is 9.63. The van der Waals surface area contributed by atoms with Gasteiger partial charge < -0.3 is 9.47 Å². The molecule has 0 bridgehead atoms. The summed E-state index contributed by atoms with van der Waals surface area (Å²) in [6, 6.07) is 20.7. The van der Waals surface area contributed by atoms with E-state index < -0.39 is 0 Å². The summed E-state index contributed by atoms with van der Waals surface area (Å²) >= 11 is 3.60. The summed E-state index contributed by atoms with van der Waals surface area (Å²) in [5.41, 5.74) is 8.22. The van der Waals surface area contributed by atoms with Gasteiger partial charge in [0.25, 0.3) is 0 Å². The number of carbonyl (C=O) groups excluding carboxylic acids is 1. The first-order valence-corrected chi connectivity index (χ1v) is 11.8. The highest BCUT2D eigenvalue weighted by atomic mass is 79.9. The fraction of sp³-hybridized carbons (Fsp3) is 0.259. The molecular weight excluding hydrogens is 462 g/mol. The summed E-state index contributed by atoms with van der Waals surface area (Å²) < 4.78 is 3.26. The second-order valence-electron chi connectivity index (χ2n) is 8.78. The van der Waals surface area contributed by atoms with Gasteiger partial charge in [-0.2, -0.15) is 0 Å². The fourth-order valence-electron chi connectivity index (χ4n) is 4.97. The Bertz CT molecular complexity index is 1320. The fourth-order valence-corrected chi connectivity index (χ4v) is 5.47. The van der Waals surface area contributed by atoms with Crippen LogP contribution in [0, 0.1) is 20.8 Å². The smallest absolute Gasteiger partial charge is 0.227 e. The zero-order valence-corrected chi connectivity index (χ0v) is 20.2. The molecule has 4 aromatic rings. The average molecular weight is 488 g/mol. The lowest BCUT2D eigenvalue weighted by Crippen LogP contribution is -2.25. The summed E-state index contributed by atoms with van der Waals surface area (Å²) in [5, 5.41) is 0. The molecular formula is C27H26BrN3O. The molecule has 5 heteroatoms. The van der Waals surface area contributed by atoms with Crippen molar-refractivity contribution in [1.29, 1.82) is 0 Å². The van der Waals surface area contributed by atoms with Crippen molar-refractivity contribution in [3.63, 3.8) is 0 Å². The lowest BCUT2D eigenvalue weighted by molar-refractivity contribution is -0.117. The zero-order chi connectivity index (χ0) is 22.4. The van der Waals surface area contributed by atoms with Crippen LogP contribution in [-0.2, 0) is 11.3 Å². The van der Waals surface area contributed by atoms with Gasteiger partial charge in [-0.1, -0.05) is 42.0 Å². The van der Waals surface area contributed by atoms with E-state index in [1.54, 1.807) is 0 Å². The van der Waals surface area contributed by atoms with Crippen LogP contribution >= 0.6 is 15.9 Å². The predicted molar refractivity (Wildman–Crippen MR) is 133 cm³/mol. The molecule has 1 atom stereocenters. The van der Waals surface area contributed by atoms with E-state index in [4.69, 9.17) is 4.98 Å². The zero-order valence-electron chi connectivity index (χ0n) is 18.6. The van der Waals surface area contributed by atoms with Crippen molar-refractivity contribution in [2.75, 3.05) is 11.4 Å². The Balaban J connectivity index is 1.57. The molecule has 1 saturated heterocycles. The molecule has 0 N–H and O–H groups in total. The lowest BCUT2D eigenvalue weighted by atomic mass is 9.99. The number of imidazole rings is 1. The van der Waals surface area contributed by atoms with Crippen LogP contribution in [0.4, 0.5) is 5.69 Å². The van der Waals surface area contributed by atoms with E-state index >= 15 is 0 Å². The number of benzene rings is 3. The first-order chi connectivity index (χ1) is 15.4. The number of aromatic nitrogens is 2. The summed E-state index contributed by atoms with van der Waals surface area (Å²) in [5.74, 6) is 1.18. The number of rotatable bonds is 4. The van der Waals surface area contributed by atoms with Crippen LogP contribution in [0.3, 0.4) is 0 Å². The largest absolute Gasteiger partial charge is 0.323 e. The van der Waals surface area contributed by atoms with Gasteiger partial charge in [0.05, 0.1) is 16.7 Å². The first-order valence-electron chi connectivity index (χ1n) is 11.0. The van der Waals surface area contributed by atoms with E-state index in [1.807, 2.05) is 35.2 Å². The summed E-state index contributed by atoms with van der Waals surface area (Å²) in [6.45, 7) is 7.90. The third kappa shape index (κ3) is 3.65. The van der Waals surface area contributed by atoms with Crippen LogP contribution in [0.2, 0.25) is 0 Å². The number of aryl methyl sites for hydroxylation is 3. The molecule has 5 rings (SSSR count). The summed E-state index contributed by atoms with van der Waals surface area (Å²) in [7, 11) is 0. The minimum atomic E-state index is 0.0491. The molecule has 162 valence electrons. The molecule has 4 nitrogen and oxygen atoms in total. The first kappa shape index (κ1) is 21.0. The van der Waals surface area contributed by atoms with E-state index in [0.29, 0.717) is 13.0 Å². The highest BCUT2D eigenvalue weighted by molar-refractivity contribution is 9.10. The molecule has 0 aliphatic carbocycles. The number of anilines is 1. The minimum Gasteiger partial charge on any atom is -0.323 e. The van der Waals surface area contributed by atoms with Gasteiger partial charge in [-0.25, -0.2) is 4.98 Å². The van der Waals surface area contributed by atoms with Crippen LogP contribution in [0.1, 0.15) is 40.4 Å². The third-order valence-electron chi connectivity index (χ3n) is 6.47. The molecule has 3 aromatic carbocycles. The minimum absolute atomic E-state index is 0.0491. The highest BCUT2D eigenvalue weighted by Gasteiger charge is 2.35. The molecule has 1 fully saturated rings. The number of hydrogen-bond donors (Lipinski definition) is 0. The van der Waals surface area contributed by atoms with E-state index in [-0.39, 0.29) is 11.8 Å². The van der Waals surface area contributed by atoms with Crippen LogP contribution in [0.5, 0.6) is 0 Å². The van der Waals surface area contributed by atoms with Crippen molar-refractivity contribution in [3.8, 4) is 0 Å². The Hall–Kier alpha value is -2.92. The Morgan fingerprint density at radius 1 is 1.00 bits per heavy atom. The highest BCUT2D eigenvalue weighted by Crippen LogP contribution is 2.36. The van der Waals surface area contributed by atoms with E-state index in [1.165, 1.54) is 22.3 Å². The summed E-state index contributed by atoms with van der Waals surface area (Å²) in [6.07, 6.45) is 0.469. The number of amides is 1. The van der Waals surface area contributed by atoms with Crippen LogP contribution in [-0.4, -0.2) is 22.0 Å². The molecule has 0 radical (unpaired) electrons. The van der Waals surface area contributed by atoms with Gasteiger partial charge >= 0.3 is 0 Å². The van der Waals surface area contributed by atoms with Gasteiger partial charge in [-0.3, -0.25) is 4.79 Å². The van der Waals surface area contributed by atoms with Crippen molar-refractivity contribution in [1.82, 2.24) is 9.55 Å². The molecule has 1 unspecified atom stereocenters. The Labute approximate surface area is 197 Å². The maximum atomic E-state index is 13.0. The van der Waals surface area contributed by atoms with Gasteiger partial charge in [-0.15, -0.1) is 0 Å². The average Bonchev–Trinajstić information content (AvgIpc) is 3.31. The SMILES string of the molecule is Cc1cc(C)c(Cn2c(C3CC(=O)N(c4ccccc4Br)C3)nc3ccccc32)c(C)c1. The Kier molecular flexibility index (Phi) is 5.38. The van der Waals surface area contributed by atoms with Crippen molar-refractivity contribution in [2.24, 2.45) is 0 Å². The van der Waals surface area contributed by atoms with Crippen LogP contribution in [0.15, 0.2) is 65.1 Å². The van der Waals surface area contributed by atoms with E-state index in [0.717, 1.165) is 33.6 Å². The molecule has 0 saturated carbocycles. The quantitative estimate of drug-likeness (QED) is 0.339. The molecule has 32 heavy (non-hydrogen) atoms. The van der Waals surface area contributed by atoms with Crippen LogP contribution in [0.25, 0.3) is 11.0 Å². The second kappa shape index (κ2) is 8.21. The van der Waals surface area contributed by atoms with Gasteiger partial charge in [0, 0.05) is 29.9 Å². The molecule has 2 heterocycles. The van der Waals surface area contributed by atoms with Gasteiger partial charge in [0.1, 0.15) is 5.82 Å². The van der Waals surface area contributed by atoms with E-state index in [2.05, 4.69) is 71.6 Å². The van der Waals surface area contributed by atoms with Crippen molar-refractivity contribution in [2.45, 2.75) is 39.7 Å². The number of para-hydroxylation sites is 3. The molecule has 1 aromatic heterocycles. The number of hydrogen-bond acceptors (Lipinski definition) is 2. The maximum absolute atomic E-state index is 13.0. The molecule has 1 amide bonds. The molecule has 1 aliphatic heterocycles. The van der Waals surface area contributed by atoms with Crippen molar-refractivity contribution >= 4 is 38.6 Å². The van der Waals surface area contributed by atoms with Crippen LogP contribution < -0.4 is 4.90 Å². The predicted octanol–water partition coefficient (Wildman–Crippen LogP) is 6.29. The molecule has 0 spiro atoms. The van der Waals surface area contributed by atoms with Gasteiger partial charge in [0.2, 0.25) is 5.91 Å². The Morgan fingerprint density at radius 2 is 1.69 bits per heavy atom. The Morgan fingerprint density at radius 3 is 2.44 bits per heavy atom. The standard InChI is InChI=1S/C27H26BrN3O/c1-17-12-18(2)21(19(3)13-17)16-31-25-11-7-5-9-23(25)29-27(31)20-14-26(32)30(15-20)24-10-6-4-8-22(24)28/h4-13,20H,14-16H2,1-3H3. The lowest BCUT2D eigenvalue weighted by Gasteiger charge is -2.19. The maximum Gasteiger partial charge on any atom is 0.227 e. The normalized spacial score (nSPS) is 16.3. The van der Waals surface area contributed by atoms with Crippen molar-refractivity contribution in [3.05, 3.63) is 93.2 Å². The molecule has 1 aliphatic rings. The topological polar surface area (TPSA) is 38.1 Å².